The number of rotatable bonds is 9. The largest absolute Gasteiger partial charge is 0.476 e. The third kappa shape index (κ3) is 5.35. The molecule has 11 heteroatoms. The topological polar surface area (TPSA) is 111 Å². The number of halogens is 2. The fourth-order valence-electron chi connectivity index (χ4n) is 4.37. The highest BCUT2D eigenvalue weighted by molar-refractivity contribution is 7.82. The van der Waals surface area contributed by atoms with E-state index in [1.165, 1.54) is 34.9 Å². The van der Waals surface area contributed by atoms with Crippen LogP contribution in [0.4, 0.5) is 8.78 Å². The summed E-state index contributed by atoms with van der Waals surface area (Å²) in [5, 5.41) is 21.6. The quantitative estimate of drug-likeness (QED) is 0.210. The number of thiol groups is 1. The van der Waals surface area contributed by atoms with Gasteiger partial charge in [0.25, 0.3) is 0 Å². The van der Waals surface area contributed by atoms with E-state index in [2.05, 4.69) is 4.98 Å². The summed E-state index contributed by atoms with van der Waals surface area (Å²) < 4.78 is 42.5. The number of aromatic carboxylic acids is 1. The molecule has 0 radical (unpaired) electrons. The number of thiazole rings is 1. The van der Waals surface area contributed by atoms with Crippen molar-refractivity contribution >= 4 is 34.4 Å². The maximum absolute atomic E-state index is 14.7. The molecule has 1 fully saturated rings. The molecule has 1 atom stereocenters. The maximum atomic E-state index is 14.7. The van der Waals surface area contributed by atoms with E-state index >= 15 is 0 Å². The zero-order valence-corrected chi connectivity index (χ0v) is 22.1. The van der Waals surface area contributed by atoms with Gasteiger partial charge in [0.1, 0.15) is 5.82 Å². The minimum Gasteiger partial charge on any atom is -0.476 e. The zero-order chi connectivity index (χ0) is 27.0. The first-order chi connectivity index (χ1) is 18.2. The Hall–Kier alpha value is -3.54. The molecule has 0 amide bonds. The summed E-state index contributed by atoms with van der Waals surface area (Å²) in [6, 6.07) is 9.16. The fourth-order valence-corrected chi connectivity index (χ4v) is 5.64. The average Bonchev–Trinajstić information content (AvgIpc) is 3.43. The number of nitrogens with zero attached hydrogens (tertiary/aromatic N) is 3. The number of carbonyl (C=O) groups is 1. The first-order valence-electron chi connectivity index (χ1n) is 12.0. The second-order valence-electron chi connectivity index (χ2n) is 9.18. The number of hydrogen-bond acceptors (Lipinski definition) is 5. The molecule has 5 rings (SSSR count). The molecule has 3 N–H and O–H groups in total. The Morgan fingerprint density at radius 1 is 1.24 bits per heavy atom. The van der Waals surface area contributed by atoms with Crippen LogP contribution in [0.3, 0.4) is 0 Å². The van der Waals surface area contributed by atoms with Gasteiger partial charge in [-0.1, -0.05) is 22.4 Å². The standard InChI is InChI=1S/C27H24F2N4O3S2/c1-2-3-17-13-18(7-8-20(17)28)25-19(10-16-6-9-24(38(30)36)21(29)11-16)23(12-15-4-5-15)33(32-25)27-31-22(14-37-27)26(34)35/h2-3,6-9,11,13-15H,4-5,10,12H2,1H3,(H2,30,36)(H,34,35)/p+1/b3-2+. The molecule has 0 bridgehead atoms. The molecule has 4 aromatic rings. The zero-order valence-electron chi connectivity index (χ0n) is 20.4. The highest BCUT2D eigenvalue weighted by atomic mass is 32.2. The van der Waals surface area contributed by atoms with E-state index in [4.69, 9.17) is 10.2 Å². The van der Waals surface area contributed by atoms with E-state index in [1.54, 1.807) is 42.0 Å². The summed E-state index contributed by atoms with van der Waals surface area (Å²) in [6.45, 7) is 1.80. The summed E-state index contributed by atoms with van der Waals surface area (Å²) in [5.41, 5.74) is 3.86. The summed E-state index contributed by atoms with van der Waals surface area (Å²) in [6.07, 6.45) is 6.52. The van der Waals surface area contributed by atoms with Crippen molar-refractivity contribution < 1.29 is 22.9 Å². The van der Waals surface area contributed by atoms with E-state index in [1.807, 2.05) is 0 Å². The number of carboxylic acids is 1. The van der Waals surface area contributed by atoms with Gasteiger partial charge in [0, 0.05) is 28.5 Å². The van der Waals surface area contributed by atoms with E-state index in [0.717, 1.165) is 24.1 Å². The molecule has 7 nitrogen and oxygen atoms in total. The Balaban J connectivity index is 1.70. The van der Waals surface area contributed by atoms with Crippen LogP contribution in [-0.4, -0.2) is 25.8 Å². The maximum Gasteiger partial charge on any atom is 0.355 e. The van der Waals surface area contributed by atoms with Gasteiger partial charge in [-0.15, -0.1) is 16.5 Å². The molecule has 0 aliphatic heterocycles. The van der Waals surface area contributed by atoms with Crippen LogP contribution in [0.2, 0.25) is 0 Å². The van der Waals surface area contributed by atoms with Gasteiger partial charge in [-0.3, -0.25) is 0 Å². The number of allylic oxidation sites excluding steroid dienone is 1. The summed E-state index contributed by atoms with van der Waals surface area (Å²) in [5.74, 6) is -1.70. The lowest BCUT2D eigenvalue weighted by molar-refractivity contribution is 0.0691. The molecule has 38 heavy (non-hydrogen) atoms. The van der Waals surface area contributed by atoms with E-state index < -0.39 is 22.8 Å². The number of hydrogen-bond donors (Lipinski definition) is 2. The van der Waals surface area contributed by atoms with Crippen molar-refractivity contribution in [2.24, 2.45) is 11.1 Å². The van der Waals surface area contributed by atoms with Crippen molar-refractivity contribution in [3.8, 4) is 16.4 Å². The van der Waals surface area contributed by atoms with Crippen LogP contribution >= 0.6 is 11.3 Å². The van der Waals surface area contributed by atoms with Crippen molar-refractivity contribution in [2.75, 3.05) is 0 Å². The first-order valence-corrected chi connectivity index (χ1v) is 14.2. The van der Waals surface area contributed by atoms with Crippen LogP contribution in [0, 0.1) is 17.6 Å². The Bertz CT molecular complexity index is 1590. The SMILES string of the molecule is C/C=C/c1cc(-c2nn(-c3nc(C(=O)O)cs3)c(CC3CC3)c2Cc2ccc([SH+](N)=O)c(F)c2)ccc1F. The van der Waals surface area contributed by atoms with E-state index in [9.17, 15) is 22.9 Å². The Morgan fingerprint density at radius 3 is 2.66 bits per heavy atom. The van der Waals surface area contributed by atoms with Crippen molar-refractivity contribution in [3.63, 3.8) is 0 Å². The normalized spacial score (nSPS) is 14.3. The third-order valence-corrected chi connectivity index (χ3v) is 8.06. The predicted octanol–water partition coefficient (Wildman–Crippen LogP) is 5.48. The number of nitrogens with two attached hydrogens (primary N) is 1. The van der Waals surface area contributed by atoms with Gasteiger partial charge in [0.05, 0.1) is 11.4 Å². The van der Waals surface area contributed by atoms with Crippen molar-refractivity contribution in [2.45, 2.75) is 37.5 Å². The molecule has 1 unspecified atom stereocenters. The van der Waals surface area contributed by atoms with Crippen LogP contribution in [0.15, 0.2) is 52.7 Å². The number of benzene rings is 2. The minimum absolute atomic E-state index is 0.0450. The second-order valence-corrected chi connectivity index (χ2v) is 11.1. The van der Waals surface area contributed by atoms with Gasteiger partial charge in [-0.05, 0) is 68.0 Å². The van der Waals surface area contributed by atoms with Gasteiger partial charge >= 0.3 is 5.97 Å². The minimum atomic E-state index is -2.32. The summed E-state index contributed by atoms with van der Waals surface area (Å²) >= 11 is 1.17. The summed E-state index contributed by atoms with van der Waals surface area (Å²) in [7, 11) is -2.32. The van der Waals surface area contributed by atoms with Crippen molar-refractivity contribution in [1.29, 1.82) is 0 Å². The summed E-state index contributed by atoms with van der Waals surface area (Å²) in [4.78, 5) is 15.7. The van der Waals surface area contributed by atoms with E-state index in [0.29, 0.717) is 46.3 Å². The number of aromatic nitrogens is 3. The Kier molecular flexibility index (Phi) is 7.33. The highest BCUT2D eigenvalue weighted by Gasteiger charge is 2.29. The predicted molar refractivity (Wildman–Crippen MR) is 144 cm³/mol. The fraction of sp³-hybridized carbons (Fsp3) is 0.222. The second kappa shape index (κ2) is 10.7. The molecule has 0 spiro atoms. The first kappa shape index (κ1) is 26.1. The van der Waals surface area contributed by atoms with E-state index in [-0.39, 0.29) is 16.4 Å². The van der Waals surface area contributed by atoms with Crippen LogP contribution in [0.25, 0.3) is 22.5 Å². The van der Waals surface area contributed by atoms with Gasteiger partial charge in [0.15, 0.2) is 22.5 Å². The molecule has 2 aromatic carbocycles. The molecule has 1 aliphatic carbocycles. The van der Waals surface area contributed by atoms with Crippen LogP contribution in [-0.2, 0) is 28.0 Å². The molecule has 1 saturated carbocycles. The molecule has 2 heterocycles. The molecule has 0 saturated heterocycles. The van der Waals surface area contributed by atoms with Crippen LogP contribution in [0.1, 0.15) is 52.6 Å². The van der Waals surface area contributed by atoms with Gasteiger partial charge in [-0.25, -0.2) is 23.2 Å². The Labute approximate surface area is 224 Å². The molecular weight excluding hydrogens is 530 g/mol. The number of carboxylic acid groups (broad SMARTS) is 1. The smallest absolute Gasteiger partial charge is 0.355 e. The van der Waals surface area contributed by atoms with Gasteiger partial charge in [0.2, 0.25) is 10.0 Å². The lowest BCUT2D eigenvalue weighted by atomic mass is 9.96. The van der Waals surface area contributed by atoms with Crippen molar-refractivity contribution in [1.82, 2.24) is 14.8 Å². The molecule has 196 valence electrons. The average molecular weight is 556 g/mol. The monoisotopic (exact) mass is 555 g/mol. The van der Waals surface area contributed by atoms with Gasteiger partial charge in [-0.2, -0.15) is 5.10 Å². The molecular formula is C27H25F2N4O3S2+. The van der Waals surface area contributed by atoms with Gasteiger partial charge < -0.3 is 5.11 Å². The highest BCUT2D eigenvalue weighted by Crippen LogP contribution is 2.38. The molecule has 1 aliphatic rings. The lowest BCUT2D eigenvalue weighted by Crippen LogP contribution is -2.07. The third-order valence-electron chi connectivity index (χ3n) is 6.41. The Morgan fingerprint density at radius 2 is 2.03 bits per heavy atom. The van der Waals surface area contributed by atoms with Crippen LogP contribution in [0.5, 0.6) is 0 Å². The lowest BCUT2D eigenvalue weighted by Gasteiger charge is -2.09. The molecule has 2 aromatic heterocycles. The van der Waals surface area contributed by atoms with Crippen LogP contribution < -0.4 is 5.14 Å². The van der Waals surface area contributed by atoms with Crippen molar-refractivity contribution in [3.05, 3.63) is 87.6 Å².